The van der Waals surface area contributed by atoms with Gasteiger partial charge in [-0.05, 0) is 56.3 Å². The van der Waals surface area contributed by atoms with Crippen LogP contribution in [0.2, 0.25) is 0 Å². The molecule has 0 unspecified atom stereocenters. The van der Waals surface area contributed by atoms with Crippen molar-refractivity contribution in [2.75, 3.05) is 10.6 Å². The Balaban J connectivity index is 1.56. The molecule has 0 atom stereocenters. The van der Waals surface area contributed by atoms with Crippen LogP contribution < -0.4 is 10.6 Å². The molecule has 29 heavy (non-hydrogen) atoms. The number of benzene rings is 3. The van der Waals surface area contributed by atoms with E-state index >= 15 is 0 Å². The Labute approximate surface area is 170 Å². The van der Waals surface area contributed by atoms with Crippen molar-refractivity contribution in [3.63, 3.8) is 0 Å². The number of carbonyl (C=O) groups is 1. The van der Waals surface area contributed by atoms with Crippen molar-refractivity contribution >= 4 is 23.0 Å². The fourth-order valence-electron chi connectivity index (χ4n) is 3.35. The van der Waals surface area contributed by atoms with Crippen molar-refractivity contribution < 1.29 is 4.79 Å². The van der Waals surface area contributed by atoms with E-state index in [4.69, 9.17) is 0 Å². The zero-order valence-corrected chi connectivity index (χ0v) is 16.4. The van der Waals surface area contributed by atoms with Crippen molar-refractivity contribution in [2.45, 2.75) is 13.8 Å². The van der Waals surface area contributed by atoms with Gasteiger partial charge in [-0.2, -0.15) is 5.10 Å². The molecule has 0 saturated carbocycles. The first kappa shape index (κ1) is 18.5. The van der Waals surface area contributed by atoms with Crippen LogP contribution in [0, 0.1) is 13.8 Å². The molecule has 5 heteroatoms. The number of rotatable bonds is 5. The van der Waals surface area contributed by atoms with Crippen LogP contribution in [0.4, 0.5) is 17.1 Å². The molecule has 0 aliphatic heterocycles. The van der Waals surface area contributed by atoms with E-state index < -0.39 is 0 Å². The van der Waals surface area contributed by atoms with Gasteiger partial charge >= 0.3 is 0 Å². The number of hydrogen-bond donors (Lipinski definition) is 2. The van der Waals surface area contributed by atoms with E-state index in [9.17, 15) is 4.79 Å². The average Bonchev–Trinajstić information content (AvgIpc) is 3.04. The van der Waals surface area contributed by atoms with Crippen LogP contribution in [-0.4, -0.2) is 15.7 Å². The molecule has 4 aromatic rings. The maximum absolute atomic E-state index is 13.0. The summed E-state index contributed by atoms with van der Waals surface area (Å²) in [4.78, 5) is 13.0. The third-order valence-electron chi connectivity index (χ3n) is 4.70. The van der Waals surface area contributed by atoms with E-state index in [2.05, 4.69) is 15.7 Å². The standard InChI is InChI=1S/C24H22N4O/c1-17-23(18(2)28(27-17)22-14-7-4-8-15-22)24(29)26-21-13-9-12-20(16-21)25-19-10-5-3-6-11-19/h3-16,25H,1-2H3,(H,26,29). The lowest BCUT2D eigenvalue weighted by atomic mass is 10.1. The van der Waals surface area contributed by atoms with Gasteiger partial charge in [-0.25, -0.2) is 4.68 Å². The van der Waals surface area contributed by atoms with Gasteiger partial charge in [-0.15, -0.1) is 0 Å². The summed E-state index contributed by atoms with van der Waals surface area (Å²) < 4.78 is 1.80. The van der Waals surface area contributed by atoms with Gasteiger partial charge < -0.3 is 10.6 Å². The Morgan fingerprint density at radius 1 is 0.793 bits per heavy atom. The molecule has 0 saturated heterocycles. The molecule has 1 amide bonds. The first-order valence-corrected chi connectivity index (χ1v) is 9.47. The number of aryl methyl sites for hydroxylation is 1. The lowest BCUT2D eigenvalue weighted by molar-refractivity contribution is 0.102. The van der Waals surface area contributed by atoms with Crippen LogP contribution in [0.3, 0.4) is 0 Å². The lowest BCUT2D eigenvalue weighted by Gasteiger charge is -2.10. The molecule has 0 aliphatic carbocycles. The van der Waals surface area contributed by atoms with Crippen molar-refractivity contribution in [3.05, 3.63) is 102 Å². The largest absolute Gasteiger partial charge is 0.355 e. The topological polar surface area (TPSA) is 59.0 Å². The Hall–Kier alpha value is -3.86. The molecule has 4 rings (SSSR count). The smallest absolute Gasteiger partial charge is 0.259 e. The number of nitrogens with zero attached hydrogens (tertiary/aromatic N) is 2. The third-order valence-corrected chi connectivity index (χ3v) is 4.70. The molecule has 0 bridgehead atoms. The van der Waals surface area contributed by atoms with Crippen molar-refractivity contribution in [1.29, 1.82) is 0 Å². The highest BCUT2D eigenvalue weighted by atomic mass is 16.1. The number of amides is 1. The Morgan fingerprint density at radius 2 is 1.41 bits per heavy atom. The van der Waals surface area contributed by atoms with Crippen molar-refractivity contribution in [3.8, 4) is 5.69 Å². The van der Waals surface area contributed by atoms with Crippen LogP contribution in [0.5, 0.6) is 0 Å². The first-order valence-electron chi connectivity index (χ1n) is 9.47. The van der Waals surface area contributed by atoms with Gasteiger partial charge in [0.2, 0.25) is 0 Å². The van der Waals surface area contributed by atoms with Crippen LogP contribution in [0.15, 0.2) is 84.9 Å². The van der Waals surface area contributed by atoms with Crippen molar-refractivity contribution in [1.82, 2.24) is 9.78 Å². The summed E-state index contributed by atoms with van der Waals surface area (Å²) in [6, 6.07) is 27.4. The summed E-state index contributed by atoms with van der Waals surface area (Å²) in [5.41, 5.74) is 5.65. The summed E-state index contributed by atoms with van der Waals surface area (Å²) in [6.45, 7) is 3.77. The molecular formula is C24H22N4O. The van der Waals surface area contributed by atoms with Gasteiger partial charge in [-0.1, -0.05) is 42.5 Å². The fraction of sp³-hybridized carbons (Fsp3) is 0.0833. The molecule has 0 fully saturated rings. The summed E-state index contributed by atoms with van der Waals surface area (Å²) in [6.07, 6.45) is 0. The number of para-hydroxylation sites is 2. The van der Waals surface area contributed by atoms with E-state index in [1.54, 1.807) is 4.68 Å². The highest BCUT2D eigenvalue weighted by molar-refractivity contribution is 6.06. The zero-order chi connectivity index (χ0) is 20.2. The second-order valence-electron chi connectivity index (χ2n) is 6.82. The van der Waals surface area contributed by atoms with Gasteiger partial charge in [-0.3, -0.25) is 4.79 Å². The summed E-state index contributed by atoms with van der Waals surface area (Å²) >= 11 is 0. The summed E-state index contributed by atoms with van der Waals surface area (Å²) in [7, 11) is 0. The summed E-state index contributed by atoms with van der Waals surface area (Å²) in [5.74, 6) is -0.168. The predicted molar refractivity (Wildman–Crippen MR) is 117 cm³/mol. The van der Waals surface area contributed by atoms with Gasteiger partial charge in [0, 0.05) is 17.1 Å². The van der Waals surface area contributed by atoms with Gasteiger partial charge in [0.15, 0.2) is 0 Å². The number of hydrogen-bond acceptors (Lipinski definition) is 3. The van der Waals surface area contributed by atoms with Gasteiger partial charge in [0.05, 0.1) is 22.6 Å². The molecule has 144 valence electrons. The van der Waals surface area contributed by atoms with E-state index in [1.807, 2.05) is 98.8 Å². The molecule has 0 radical (unpaired) electrons. The second-order valence-corrected chi connectivity index (χ2v) is 6.82. The molecule has 5 nitrogen and oxygen atoms in total. The normalized spacial score (nSPS) is 10.6. The first-order chi connectivity index (χ1) is 14.1. The third kappa shape index (κ3) is 4.04. The van der Waals surface area contributed by atoms with Crippen LogP contribution >= 0.6 is 0 Å². The zero-order valence-electron chi connectivity index (χ0n) is 16.4. The van der Waals surface area contributed by atoms with E-state index in [1.165, 1.54) is 0 Å². The molecule has 2 N–H and O–H groups in total. The molecule has 0 spiro atoms. The maximum atomic E-state index is 13.0. The maximum Gasteiger partial charge on any atom is 0.259 e. The summed E-state index contributed by atoms with van der Waals surface area (Å²) in [5, 5.41) is 10.9. The van der Waals surface area contributed by atoms with Crippen LogP contribution in [0.1, 0.15) is 21.7 Å². The number of anilines is 3. The van der Waals surface area contributed by atoms with E-state index in [0.29, 0.717) is 11.3 Å². The molecule has 1 aromatic heterocycles. The molecule has 1 heterocycles. The predicted octanol–water partition coefficient (Wildman–Crippen LogP) is 5.49. The Bertz CT molecular complexity index is 1130. The van der Waals surface area contributed by atoms with Crippen LogP contribution in [0.25, 0.3) is 5.69 Å². The minimum Gasteiger partial charge on any atom is -0.355 e. The highest BCUT2D eigenvalue weighted by Gasteiger charge is 2.19. The lowest BCUT2D eigenvalue weighted by Crippen LogP contribution is -2.14. The quantitative estimate of drug-likeness (QED) is 0.480. The SMILES string of the molecule is Cc1nn(-c2ccccc2)c(C)c1C(=O)Nc1cccc(Nc2ccccc2)c1. The Morgan fingerprint density at radius 3 is 2.14 bits per heavy atom. The number of nitrogens with one attached hydrogen (secondary N) is 2. The van der Waals surface area contributed by atoms with Gasteiger partial charge in [0.1, 0.15) is 0 Å². The number of aromatic nitrogens is 2. The van der Waals surface area contributed by atoms with Crippen molar-refractivity contribution in [2.24, 2.45) is 0 Å². The molecule has 0 aliphatic rings. The highest BCUT2D eigenvalue weighted by Crippen LogP contribution is 2.22. The van der Waals surface area contributed by atoms with E-state index in [-0.39, 0.29) is 5.91 Å². The Kier molecular flexibility index (Phi) is 5.12. The van der Waals surface area contributed by atoms with Crippen LogP contribution in [-0.2, 0) is 0 Å². The fourth-order valence-corrected chi connectivity index (χ4v) is 3.35. The molecule has 3 aromatic carbocycles. The monoisotopic (exact) mass is 382 g/mol. The van der Waals surface area contributed by atoms with E-state index in [0.717, 1.165) is 28.4 Å². The number of carbonyl (C=O) groups excluding carboxylic acids is 1. The average molecular weight is 382 g/mol. The minimum absolute atomic E-state index is 0.168. The minimum atomic E-state index is -0.168. The van der Waals surface area contributed by atoms with Gasteiger partial charge in [0.25, 0.3) is 5.91 Å². The second kappa shape index (κ2) is 8.02. The molecular weight excluding hydrogens is 360 g/mol.